The van der Waals surface area contributed by atoms with Gasteiger partial charge in [0.05, 0.1) is 0 Å². The maximum Gasteiger partial charge on any atom is 0.185 e. The monoisotopic (exact) mass is 215 g/mol. The van der Waals surface area contributed by atoms with E-state index in [2.05, 4.69) is 5.10 Å². The molecule has 0 atom stereocenters. The Morgan fingerprint density at radius 3 is 2.56 bits per heavy atom. The summed E-state index contributed by atoms with van der Waals surface area (Å²) in [5.74, 6) is 0.0600. The molecule has 0 aliphatic carbocycles. The van der Waals surface area contributed by atoms with Gasteiger partial charge in [-0.05, 0) is 23.8 Å². The predicted octanol–water partition coefficient (Wildman–Crippen LogP) is 1.43. The number of carbonyl (C=O) groups excluding carboxylic acids is 1. The Labute approximate surface area is 93.7 Å². The highest BCUT2D eigenvalue weighted by atomic mass is 16.1. The molecule has 4 heteroatoms. The molecule has 0 saturated carbocycles. The molecule has 0 radical (unpaired) electrons. The fraction of sp³-hybridized carbons (Fsp3) is 0.167. The number of benzene rings is 1. The summed E-state index contributed by atoms with van der Waals surface area (Å²) >= 11 is 0. The third-order valence-electron chi connectivity index (χ3n) is 2.45. The van der Waals surface area contributed by atoms with Crippen LogP contribution in [0.15, 0.2) is 36.5 Å². The molecule has 0 bridgehead atoms. The molecular formula is C12H13N3O. The average Bonchev–Trinajstić information content (AvgIpc) is 2.68. The molecule has 1 aromatic carbocycles. The first-order chi connectivity index (χ1) is 7.66. The summed E-state index contributed by atoms with van der Waals surface area (Å²) in [5.41, 5.74) is 7.86. The molecule has 2 rings (SSSR count). The van der Waals surface area contributed by atoms with Crippen molar-refractivity contribution in [3.63, 3.8) is 0 Å². The first-order valence-electron chi connectivity index (χ1n) is 5.02. The summed E-state index contributed by atoms with van der Waals surface area (Å²) < 4.78 is 1.58. The van der Waals surface area contributed by atoms with Crippen LogP contribution in [0.5, 0.6) is 0 Å². The molecule has 4 nitrogen and oxygen atoms in total. The number of hydrogen-bond acceptors (Lipinski definition) is 3. The number of carbonyl (C=O) groups is 1. The van der Waals surface area contributed by atoms with Crippen molar-refractivity contribution in [2.45, 2.75) is 6.42 Å². The Hall–Kier alpha value is -2.10. The minimum absolute atomic E-state index is 0.0600. The molecule has 1 aromatic heterocycles. The molecule has 2 N–H and O–H groups in total. The Balaban J connectivity index is 2.14. The number of aryl methyl sites for hydroxylation is 1. The van der Waals surface area contributed by atoms with E-state index in [0.29, 0.717) is 17.8 Å². The van der Waals surface area contributed by atoms with Gasteiger partial charge in [-0.25, -0.2) is 0 Å². The summed E-state index contributed by atoms with van der Waals surface area (Å²) in [4.78, 5) is 11.9. The number of anilines is 1. The van der Waals surface area contributed by atoms with Crippen LogP contribution in [-0.4, -0.2) is 15.6 Å². The van der Waals surface area contributed by atoms with Gasteiger partial charge in [0.1, 0.15) is 5.69 Å². The molecule has 0 amide bonds. The zero-order chi connectivity index (χ0) is 11.5. The second kappa shape index (κ2) is 4.18. The van der Waals surface area contributed by atoms with Gasteiger partial charge in [-0.3, -0.25) is 9.48 Å². The van der Waals surface area contributed by atoms with Gasteiger partial charge in [0.25, 0.3) is 0 Å². The van der Waals surface area contributed by atoms with Crippen LogP contribution < -0.4 is 5.73 Å². The first kappa shape index (κ1) is 10.4. The summed E-state index contributed by atoms with van der Waals surface area (Å²) in [5, 5.41) is 3.97. The second-order valence-electron chi connectivity index (χ2n) is 3.68. The normalized spacial score (nSPS) is 10.3. The van der Waals surface area contributed by atoms with E-state index < -0.39 is 0 Å². The zero-order valence-electron chi connectivity index (χ0n) is 9.05. The fourth-order valence-corrected chi connectivity index (χ4v) is 1.56. The van der Waals surface area contributed by atoms with E-state index in [1.807, 2.05) is 12.1 Å². The molecule has 82 valence electrons. The van der Waals surface area contributed by atoms with Gasteiger partial charge in [0.2, 0.25) is 0 Å². The standard InChI is InChI=1S/C12H13N3O/c1-15-11(6-7-14-15)12(16)8-9-2-4-10(13)5-3-9/h2-7H,8,13H2,1H3. The highest BCUT2D eigenvalue weighted by Crippen LogP contribution is 2.09. The van der Waals surface area contributed by atoms with Gasteiger partial charge in [-0.2, -0.15) is 5.10 Å². The maximum atomic E-state index is 11.9. The van der Waals surface area contributed by atoms with E-state index in [1.54, 1.807) is 36.1 Å². The molecule has 0 unspecified atom stereocenters. The Morgan fingerprint density at radius 1 is 1.31 bits per heavy atom. The fourth-order valence-electron chi connectivity index (χ4n) is 1.56. The average molecular weight is 215 g/mol. The van der Waals surface area contributed by atoms with Gasteiger partial charge >= 0.3 is 0 Å². The lowest BCUT2D eigenvalue weighted by Crippen LogP contribution is -2.09. The lowest BCUT2D eigenvalue weighted by molar-refractivity contribution is 0.0984. The number of nitrogens with zero attached hydrogens (tertiary/aromatic N) is 2. The number of rotatable bonds is 3. The summed E-state index contributed by atoms with van der Waals surface area (Å²) in [6, 6.07) is 9.05. The maximum absolute atomic E-state index is 11.9. The van der Waals surface area contributed by atoms with Crippen molar-refractivity contribution in [3.05, 3.63) is 47.8 Å². The molecule has 0 fully saturated rings. The van der Waals surface area contributed by atoms with Crippen LogP contribution in [0.4, 0.5) is 5.69 Å². The Morgan fingerprint density at radius 2 is 2.00 bits per heavy atom. The SMILES string of the molecule is Cn1nccc1C(=O)Cc1ccc(N)cc1. The number of ketones is 1. The van der Waals surface area contributed by atoms with Crippen LogP contribution in [0.2, 0.25) is 0 Å². The molecule has 0 aliphatic heterocycles. The number of nitrogen functional groups attached to an aromatic ring is 1. The van der Waals surface area contributed by atoms with E-state index in [0.717, 1.165) is 5.56 Å². The molecule has 0 spiro atoms. The van der Waals surface area contributed by atoms with Crippen molar-refractivity contribution in [1.82, 2.24) is 9.78 Å². The van der Waals surface area contributed by atoms with Crippen LogP contribution >= 0.6 is 0 Å². The van der Waals surface area contributed by atoms with Gasteiger partial charge in [0.15, 0.2) is 5.78 Å². The predicted molar refractivity (Wildman–Crippen MR) is 62.1 cm³/mol. The van der Waals surface area contributed by atoms with Crippen LogP contribution in [0.1, 0.15) is 16.1 Å². The highest BCUT2D eigenvalue weighted by Gasteiger charge is 2.10. The number of hydrogen-bond donors (Lipinski definition) is 1. The summed E-state index contributed by atoms with van der Waals surface area (Å²) in [6.07, 6.45) is 2.00. The summed E-state index contributed by atoms with van der Waals surface area (Å²) in [7, 11) is 1.76. The number of nitrogens with two attached hydrogens (primary N) is 1. The van der Waals surface area contributed by atoms with Gasteiger partial charge in [-0.15, -0.1) is 0 Å². The topological polar surface area (TPSA) is 60.9 Å². The van der Waals surface area contributed by atoms with Gasteiger partial charge in [-0.1, -0.05) is 12.1 Å². The zero-order valence-corrected chi connectivity index (χ0v) is 9.05. The minimum Gasteiger partial charge on any atom is -0.399 e. The lowest BCUT2D eigenvalue weighted by Gasteiger charge is -2.02. The second-order valence-corrected chi connectivity index (χ2v) is 3.68. The molecule has 2 aromatic rings. The van der Waals surface area contributed by atoms with Crippen molar-refractivity contribution < 1.29 is 4.79 Å². The number of aromatic nitrogens is 2. The third-order valence-corrected chi connectivity index (χ3v) is 2.45. The van der Waals surface area contributed by atoms with Crippen molar-refractivity contribution in [3.8, 4) is 0 Å². The van der Waals surface area contributed by atoms with E-state index in [1.165, 1.54) is 0 Å². The van der Waals surface area contributed by atoms with Crippen molar-refractivity contribution >= 4 is 11.5 Å². The van der Waals surface area contributed by atoms with Crippen LogP contribution in [0.3, 0.4) is 0 Å². The Bertz CT molecular complexity index is 499. The van der Waals surface area contributed by atoms with E-state index in [-0.39, 0.29) is 5.78 Å². The van der Waals surface area contributed by atoms with Crippen molar-refractivity contribution in [1.29, 1.82) is 0 Å². The summed E-state index contributed by atoms with van der Waals surface area (Å²) in [6.45, 7) is 0. The van der Waals surface area contributed by atoms with E-state index >= 15 is 0 Å². The molecule has 0 aliphatic rings. The molecular weight excluding hydrogens is 202 g/mol. The van der Waals surface area contributed by atoms with E-state index in [9.17, 15) is 4.79 Å². The highest BCUT2D eigenvalue weighted by molar-refractivity contribution is 5.95. The smallest absolute Gasteiger partial charge is 0.185 e. The first-order valence-corrected chi connectivity index (χ1v) is 5.02. The molecule has 16 heavy (non-hydrogen) atoms. The van der Waals surface area contributed by atoms with Crippen LogP contribution in [-0.2, 0) is 13.5 Å². The quantitative estimate of drug-likeness (QED) is 0.622. The molecule has 0 saturated heterocycles. The lowest BCUT2D eigenvalue weighted by atomic mass is 10.1. The minimum atomic E-state index is 0.0600. The van der Waals surface area contributed by atoms with Crippen molar-refractivity contribution in [2.75, 3.05) is 5.73 Å². The van der Waals surface area contributed by atoms with Crippen molar-refractivity contribution in [2.24, 2.45) is 7.05 Å². The Kier molecular flexibility index (Phi) is 2.72. The molecule has 1 heterocycles. The van der Waals surface area contributed by atoms with E-state index in [4.69, 9.17) is 5.73 Å². The number of Topliss-reactive ketones (excluding diaryl/α,β-unsaturated/α-hetero) is 1. The van der Waals surface area contributed by atoms with Gasteiger partial charge in [0, 0.05) is 25.4 Å². The van der Waals surface area contributed by atoms with Gasteiger partial charge < -0.3 is 5.73 Å². The van der Waals surface area contributed by atoms with Crippen LogP contribution in [0, 0.1) is 0 Å². The largest absolute Gasteiger partial charge is 0.399 e. The third kappa shape index (κ3) is 2.11. The van der Waals surface area contributed by atoms with Crippen LogP contribution in [0.25, 0.3) is 0 Å².